The van der Waals surface area contributed by atoms with Gasteiger partial charge < -0.3 is 14.6 Å². The number of hydrogen-bond acceptors (Lipinski definition) is 4. The smallest absolute Gasteiger partial charge is 0.240 e. The zero-order valence-corrected chi connectivity index (χ0v) is 15.5. The SMILES string of the molecule is COc1ccc(C#CC(=O)c2cc(Br)cc(Br)c2O)cc1OC. The molecular weight excluding hydrogens is 428 g/mol. The molecule has 1 N–H and O–H groups in total. The van der Waals surface area contributed by atoms with Crippen molar-refractivity contribution < 1.29 is 19.4 Å². The first-order valence-corrected chi connectivity index (χ1v) is 8.01. The molecule has 0 aliphatic carbocycles. The molecule has 0 aliphatic rings. The van der Waals surface area contributed by atoms with Gasteiger partial charge in [0, 0.05) is 10.0 Å². The minimum absolute atomic E-state index is 0.124. The van der Waals surface area contributed by atoms with E-state index in [1.807, 2.05) is 0 Å². The summed E-state index contributed by atoms with van der Waals surface area (Å²) in [6, 6.07) is 8.27. The molecule has 0 radical (unpaired) electrons. The van der Waals surface area contributed by atoms with Crippen molar-refractivity contribution in [3.8, 4) is 29.1 Å². The summed E-state index contributed by atoms with van der Waals surface area (Å²) < 4.78 is 11.4. The van der Waals surface area contributed by atoms with Gasteiger partial charge in [0.15, 0.2) is 11.5 Å². The summed E-state index contributed by atoms with van der Waals surface area (Å²) in [7, 11) is 3.07. The Morgan fingerprint density at radius 3 is 2.43 bits per heavy atom. The van der Waals surface area contributed by atoms with Crippen LogP contribution < -0.4 is 9.47 Å². The number of halogens is 2. The third kappa shape index (κ3) is 4.06. The third-order valence-electron chi connectivity index (χ3n) is 2.98. The van der Waals surface area contributed by atoms with E-state index < -0.39 is 5.78 Å². The van der Waals surface area contributed by atoms with Crippen LogP contribution in [0.5, 0.6) is 17.2 Å². The number of aromatic hydroxyl groups is 1. The second kappa shape index (κ2) is 7.53. The molecule has 0 spiro atoms. The van der Waals surface area contributed by atoms with Gasteiger partial charge in [0.1, 0.15) is 5.75 Å². The van der Waals surface area contributed by atoms with Crippen molar-refractivity contribution in [3.05, 3.63) is 50.4 Å². The van der Waals surface area contributed by atoms with Crippen LogP contribution in [0.15, 0.2) is 39.3 Å². The number of phenolic OH excluding ortho intramolecular Hbond substituents is 1. The monoisotopic (exact) mass is 438 g/mol. The van der Waals surface area contributed by atoms with E-state index in [4.69, 9.17) is 9.47 Å². The fourth-order valence-corrected chi connectivity index (χ4v) is 3.07. The molecule has 0 saturated heterocycles. The van der Waals surface area contributed by atoms with Crippen molar-refractivity contribution in [2.24, 2.45) is 0 Å². The lowest BCUT2D eigenvalue weighted by Crippen LogP contribution is -1.97. The summed E-state index contributed by atoms with van der Waals surface area (Å²) >= 11 is 6.46. The van der Waals surface area contributed by atoms with Crippen molar-refractivity contribution in [2.45, 2.75) is 0 Å². The Morgan fingerprint density at radius 2 is 1.78 bits per heavy atom. The molecule has 2 rings (SSSR count). The van der Waals surface area contributed by atoms with Gasteiger partial charge in [-0.05, 0) is 52.2 Å². The van der Waals surface area contributed by atoms with Gasteiger partial charge in [0.2, 0.25) is 5.78 Å². The van der Waals surface area contributed by atoms with Crippen LogP contribution in [0.4, 0.5) is 0 Å². The molecule has 118 valence electrons. The molecule has 2 aromatic rings. The molecule has 0 amide bonds. The van der Waals surface area contributed by atoms with Crippen LogP contribution in [-0.4, -0.2) is 25.1 Å². The van der Waals surface area contributed by atoms with Crippen LogP contribution in [0.1, 0.15) is 15.9 Å². The second-order valence-electron chi connectivity index (χ2n) is 4.43. The van der Waals surface area contributed by atoms with Gasteiger partial charge in [-0.15, -0.1) is 0 Å². The minimum atomic E-state index is -0.487. The van der Waals surface area contributed by atoms with Gasteiger partial charge in [0.05, 0.1) is 24.3 Å². The number of rotatable bonds is 3. The Hall–Kier alpha value is -1.97. The van der Waals surface area contributed by atoms with Crippen LogP contribution in [0.2, 0.25) is 0 Å². The largest absolute Gasteiger partial charge is 0.506 e. The highest BCUT2D eigenvalue weighted by molar-refractivity contribution is 9.11. The number of methoxy groups -OCH3 is 2. The van der Waals surface area contributed by atoms with Crippen molar-refractivity contribution in [1.82, 2.24) is 0 Å². The third-order valence-corrected chi connectivity index (χ3v) is 4.04. The standard InChI is InChI=1S/C17H12Br2O4/c1-22-15-6-4-10(7-16(15)23-2)3-5-14(20)12-8-11(18)9-13(19)17(12)21/h4,6-9,21H,1-2H3. The van der Waals surface area contributed by atoms with Crippen LogP contribution in [0, 0.1) is 11.8 Å². The van der Waals surface area contributed by atoms with Crippen molar-refractivity contribution in [2.75, 3.05) is 14.2 Å². The van der Waals surface area contributed by atoms with E-state index in [-0.39, 0.29) is 11.3 Å². The maximum absolute atomic E-state index is 12.2. The zero-order chi connectivity index (χ0) is 17.0. The first kappa shape index (κ1) is 17.4. The first-order valence-electron chi connectivity index (χ1n) is 6.42. The van der Waals surface area contributed by atoms with Gasteiger partial charge in [0.25, 0.3) is 0 Å². The number of hydrogen-bond donors (Lipinski definition) is 1. The number of ketones is 1. The molecule has 0 unspecified atom stereocenters. The molecule has 0 aliphatic heterocycles. The highest BCUT2D eigenvalue weighted by Crippen LogP contribution is 2.32. The molecule has 6 heteroatoms. The van der Waals surface area contributed by atoms with E-state index >= 15 is 0 Å². The van der Waals surface area contributed by atoms with Gasteiger partial charge in [-0.25, -0.2) is 0 Å². The predicted octanol–water partition coefficient (Wildman–Crippen LogP) is 4.17. The van der Waals surface area contributed by atoms with E-state index in [0.29, 0.717) is 26.0 Å². The summed E-state index contributed by atoms with van der Waals surface area (Å²) in [5.41, 5.74) is 0.726. The summed E-state index contributed by atoms with van der Waals surface area (Å²) in [5.74, 6) is 5.75. The second-order valence-corrected chi connectivity index (χ2v) is 6.20. The Labute approximate surface area is 150 Å². The van der Waals surface area contributed by atoms with E-state index in [9.17, 15) is 9.90 Å². The normalized spacial score (nSPS) is 9.74. The Kier molecular flexibility index (Phi) is 5.69. The van der Waals surface area contributed by atoms with Crippen LogP contribution in [0.25, 0.3) is 0 Å². The average molecular weight is 440 g/mol. The summed E-state index contributed by atoms with van der Waals surface area (Å²) in [6.07, 6.45) is 0. The summed E-state index contributed by atoms with van der Waals surface area (Å²) in [5, 5.41) is 9.95. The highest BCUT2D eigenvalue weighted by Gasteiger charge is 2.13. The quantitative estimate of drug-likeness (QED) is 0.576. The molecule has 23 heavy (non-hydrogen) atoms. The zero-order valence-electron chi connectivity index (χ0n) is 12.3. The Morgan fingerprint density at radius 1 is 1.09 bits per heavy atom. The lowest BCUT2D eigenvalue weighted by Gasteiger charge is -2.06. The first-order chi connectivity index (χ1) is 11.0. The molecule has 4 nitrogen and oxygen atoms in total. The van der Waals surface area contributed by atoms with Gasteiger partial charge in [-0.1, -0.05) is 21.9 Å². The predicted molar refractivity (Wildman–Crippen MR) is 94.3 cm³/mol. The maximum atomic E-state index is 12.2. The fraction of sp³-hybridized carbons (Fsp3) is 0.118. The van der Waals surface area contributed by atoms with E-state index in [2.05, 4.69) is 43.7 Å². The minimum Gasteiger partial charge on any atom is -0.506 e. The van der Waals surface area contributed by atoms with E-state index in [1.54, 1.807) is 31.4 Å². The lowest BCUT2D eigenvalue weighted by molar-refractivity contribution is 0.105. The van der Waals surface area contributed by atoms with E-state index in [1.165, 1.54) is 13.2 Å². The molecule has 0 saturated carbocycles. The van der Waals surface area contributed by atoms with Crippen molar-refractivity contribution >= 4 is 37.6 Å². The van der Waals surface area contributed by atoms with E-state index in [0.717, 1.165) is 0 Å². The van der Waals surface area contributed by atoms with Gasteiger partial charge >= 0.3 is 0 Å². The fourth-order valence-electron chi connectivity index (χ4n) is 1.85. The number of benzene rings is 2. The lowest BCUT2D eigenvalue weighted by atomic mass is 10.1. The number of ether oxygens (including phenoxy) is 2. The van der Waals surface area contributed by atoms with Gasteiger partial charge in [-0.2, -0.15) is 0 Å². The number of carbonyl (C=O) groups excluding carboxylic acids is 1. The number of carbonyl (C=O) groups is 1. The topological polar surface area (TPSA) is 55.8 Å². The van der Waals surface area contributed by atoms with Crippen LogP contribution in [-0.2, 0) is 0 Å². The average Bonchev–Trinajstić information content (AvgIpc) is 2.55. The Bertz CT molecular complexity index is 819. The highest BCUT2D eigenvalue weighted by atomic mass is 79.9. The summed E-state index contributed by atoms with van der Waals surface area (Å²) in [4.78, 5) is 12.2. The summed E-state index contributed by atoms with van der Waals surface area (Å²) in [6.45, 7) is 0. The van der Waals surface area contributed by atoms with Gasteiger partial charge in [-0.3, -0.25) is 4.79 Å². The molecular formula is C17H12Br2O4. The number of phenols is 1. The molecule has 2 aromatic carbocycles. The Balaban J connectivity index is 2.34. The van der Waals surface area contributed by atoms with Crippen molar-refractivity contribution in [3.63, 3.8) is 0 Å². The molecule has 0 aromatic heterocycles. The molecule has 0 heterocycles. The molecule has 0 bridgehead atoms. The van der Waals surface area contributed by atoms with Crippen LogP contribution >= 0.6 is 31.9 Å². The maximum Gasteiger partial charge on any atom is 0.240 e. The number of Topliss-reactive ketones (excluding diaryl/α,β-unsaturated/α-hetero) is 1. The van der Waals surface area contributed by atoms with Crippen LogP contribution in [0.3, 0.4) is 0 Å². The molecule has 0 atom stereocenters. The molecule has 0 fully saturated rings. The van der Waals surface area contributed by atoms with Crippen molar-refractivity contribution in [1.29, 1.82) is 0 Å².